The van der Waals surface area contributed by atoms with Gasteiger partial charge in [0.1, 0.15) is 0 Å². The second kappa shape index (κ2) is 13.5. The summed E-state index contributed by atoms with van der Waals surface area (Å²) >= 11 is 0. The van der Waals surface area contributed by atoms with Crippen molar-refractivity contribution < 1.29 is 4.79 Å². The topological polar surface area (TPSA) is 32.3 Å². The molecule has 1 heterocycles. The standard InChI is InChI=1S/C39H40N2OP2/c1-28-10-18-33(19-11-28)43(34-20-12-29(2)13-21-34)37-26-41(39(42)40-32-8-6-5-7-9-32)27-38(37)44(35-22-14-30(3)15-23-35)36-24-16-31(4)17-25-36/h5-25,37-38H,26-27H2,1-4H3,(H,40,42)/t37-,38-/m1/s1. The van der Waals surface area contributed by atoms with Crippen LogP contribution in [0.15, 0.2) is 127 Å². The molecule has 2 atom stereocenters. The van der Waals surface area contributed by atoms with Crippen LogP contribution in [0.3, 0.4) is 0 Å². The molecule has 5 aromatic carbocycles. The quantitative estimate of drug-likeness (QED) is 0.187. The zero-order valence-corrected chi connectivity index (χ0v) is 27.7. The van der Waals surface area contributed by atoms with Gasteiger partial charge in [-0.15, -0.1) is 0 Å². The first-order valence-corrected chi connectivity index (χ1v) is 18.1. The van der Waals surface area contributed by atoms with Crippen molar-refractivity contribution in [2.24, 2.45) is 0 Å². The van der Waals surface area contributed by atoms with E-state index in [9.17, 15) is 4.79 Å². The maximum Gasteiger partial charge on any atom is 0.321 e. The molecule has 222 valence electrons. The van der Waals surface area contributed by atoms with Gasteiger partial charge in [0.05, 0.1) is 0 Å². The Morgan fingerprint density at radius 3 is 1.16 bits per heavy atom. The predicted molar refractivity (Wildman–Crippen MR) is 192 cm³/mol. The molecule has 0 bridgehead atoms. The summed E-state index contributed by atoms with van der Waals surface area (Å²) in [5.74, 6) is 0. The molecule has 0 aliphatic carbocycles. The summed E-state index contributed by atoms with van der Waals surface area (Å²) in [6.45, 7) is 10.0. The van der Waals surface area contributed by atoms with Crippen molar-refractivity contribution >= 4 is 48.8 Å². The van der Waals surface area contributed by atoms with Crippen LogP contribution in [0, 0.1) is 27.7 Å². The average molecular weight is 615 g/mol. The van der Waals surface area contributed by atoms with Crippen LogP contribution in [0.2, 0.25) is 0 Å². The number of benzene rings is 5. The molecule has 2 amide bonds. The summed E-state index contributed by atoms with van der Waals surface area (Å²) < 4.78 is 0. The number of amides is 2. The molecule has 0 radical (unpaired) electrons. The van der Waals surface area contributed by atoms with E-state index >= 15 is 0 Å². The summed E-state index contributed by atoms with van der Waals surface area (Å²) in [6, 6.07) is 46.3. The molecule has 1 aliphatic heterocycles. The van der Waals surface area contributed by atoms with E-state index in [1.807, 2.05) is 30.3 Å². The maximum atomic E-state index is 13.9. The number of aryl methyl sites for hydroxylation is 4. The summed E-state index contributed by atoms with van der Waals surface area (Å²) in [4.78, 5) is 16.0. The number of urea groups is 1. The van der Waals surface area contributed by atoms with Crippen molar-refractivity contribution in [3.8, 4) is 0 Å². The molecule has 44 heavy (non-hydrogen) atoms. The Kier molecular flexibility index (Phi) is 9.27. The third kappa shape index (κ3) is 6.81. The highest BCUT2D eigenvalue weighted by Gasteiger charge is 2.45. The summed E-state index contributed by atoms with van der Waals surface area (Å²) in [5, 5.41) is 8.68. The van der Waals surface area contributed by atoms with Gasteiger partial charge in [-0.2, -0.15) is 0 Å². The lowest BCUT2D eigenvalue weighted by atomic mass is 10.2. The van der Waals surface area contributed by atoms with E-state index in [1.54, 1.807) is 0 Å². The van der Waals surface area contributed by atoms with Crippen LogP contribution in [-0.2, 0) is 0 Å². The number of para-hydroxylation sites is 1. The Bertz CT molecular complexity index is 1490. The molecule has 1 aliphatic rings. The Morgan fingerprint density at radius 2 is 0.841 bits per heavy atom. The van der Waals surface area contributed by atoms with Crippen LogP contribution < -0.4 is 26.5 Å². The number of carbonyl (C=O) groups is 1. The van der Waals surface area contributed by atoms with Gasteiger partial charge < -0.3 is 10.2 Å². The Hall–Kier alpha value is -3.77. The van der Waals surface area contributed by atoms with E-state index < -0.39 is 15.8 Å². The van der Waals surface area contributed by atoms with E-state index in [4.69, 9.17) is 0 Å². The van der Waals surface area contributed by atoms with E-state index in [-0.39, 0.29) is 17.3 Å². The smallest absolute Gasteiger partial charge is 0.321 e. The molecule has 5 aromatic rings. The lowest BCUT2D eigenvalue weighted by molar-refractivity contribution is 0.223. The highest BCUT2D eigenvalue weighted by atomic mass is 31.1. The minimum Gasteiger partial charge on any atom is -0.323 e. The first-order chi connectivity index (χ1) is 21.4. The number of hydrogen-bond acceptors (Lipinski definition) is 1. The molecule has 5 heteroatoms. The van der Waals surface area contributed by atoms with Gasteiger partial charge in [0, 0.05) is 30.1 Å². The van der Waals surface area contributed by atoms with E-state index in [0.29, 0.717) is 13.1 Å². The largest absolute Gasteiger partial charge is 0.323 e. The highest BCUT2D eigenvalue weighted by molar-refractivity contribution is 7.77. The zero-order valence-electron chi connectivity index (χ0n) is 25.9. The number of hydrogen-bond donors (Lipinski definition) is 1. The fourth-order valence-electron chi connectivity index (χ4n) is 6.05. The molecule has 0 saturated carbocycles. The number of likely N-dealkylation sites (tertiary alicyclic amines) is 1. The fourth-order valence-corrected chi connectivity index (χ4v) is 12.5. The first kappa shape index (κ1) is 30.3. The molecule has 1 N–H and O–H groups in total. The Labute approximate surface area is 264 Å². The molecule has 0 unspecified atom stereocenters. The van der Waals surface area contributed by atoms with Crippen LogP contribution in [-0.4, -0.2) is 35.3 Å². The molecule has 3 nitrogen and oxygen atoms in total. The van der Waals surface area contributed by atoms with Gasteiger partial charge in [-0.1, -0.05) is 138 Å². The molecule has 1 saturated heterocycles. The van der Waals surface area contributed by atoms with Crippen molar-refractivity contribution in [2.45, 2.75) is 39.0 Å². The predicted octanol–water partition coefficient (Wildman–Crippen LogP) is 7.77. The third-order valence-electron chi connectivity index (χ3n) is 8.48. The average Bonchev–Trinajstić information content (AvgIpc) is 3.46. The van der Waals surface area contributed by atoms with Gasteiger partial charge in [-0.3, -0.25) is 0 Å². The van der Waals surface area contributed by atoms with Gasteiger partial charge in [-0.25, -0.2) is 4.79 Å². The summed E-state index contributed by atoms with van der Waals surface area (Å²) in [7, 11) is -1.52. The van der Waals surface area contributed by atoms with Gasteiger partial charge in [0.15, 0.2) is 0 Å². The van der Waals surface area contributed by atoms with Crippen LogP contribution in [0.1, 0.15) is 22.3 Å². The van der Waals surface area contributed by atoms with Crippen LogP contribution >= 0.6 is 15.8 Å². The normalized spacial score (nSPS) is 16.5. The van der Waals surface area contributed by atoms with Crippen molar-refractivity contribution in [1.82, 2.24) is 4.90 Å². The van der Waals surface area contributed by atoms with Gasteiger partial charge in [0.25, 0.3) is 0 Å². The van der Waals surface area contributed by atoms with Crippen molar-refractivity contribution in [2.75, 3.05) is 18.4 Å². The van der Waals surface area contributed by atoms with Crippen molar-refractivity contribution in [3.05, 3.63) is 150 Å². The molecular formula is C39H40N2OP2. The minimum absolute atomic E-state index is 0.0192. The fraction of sp³-hybridized carbons (Fsp3) is 0.205. The number of carbonyl (C=O) groups excluding carboxylic acids is 1. The molecule has 1 fully saturated rings. The third-order valence-corrected chi connectivity index (χ3v) is 14.5. The first-order valence-electron chi connectivity index (χ1n) is 15.3. The summed E-state index contributed by atoms with van der Waals surface area (Å²) in [6.07, 6.45) is 0. The van der Waals surface area contributed by atoms with E-state index in [1.165, 1.54) is 43.5 Å². The highest BCUT2D eigenvalue weighted by Crippen LogP contribution is 2.54. The molecule has 6 rings (SSSR count). The van der Waals surface area contributed by atoms with Gasteiger partial charge in [0.2, 0.25) is 0 Å². The van der Waals surface area contributed by atoms with Crippen molar-refractivity contribution in [3.63, 3.8) is 0 Å². The Morgan fingerprint density at radius 1 is 0.523 bits per heavy atom. The van der Waals surface area contributed by atoms with E-state index in [2.05, 4.69) is 135 Å². The van der Waals surface area contributed by atoms with Crippen molar-refractivity contribution in [1.29, 1.82) is 0 Å². The number of nitrogens with zero attached hydrogens (tertiary/aromatic N) is 1. The van der Waals surface area contributed by atoms with Crippen LogP contribution in [0.25, 0.3) is 0 Å². The lowest BCUT2D eigenvalue weighted by Gasteiger charge is -2.34. The lowest BCUT2D eigenvalue weighted by Crippen LogP contribution is -2.34. The number of nitrogens with one attached hydrogen (secondary N) is 1. The number of anilines is 1. The Balaban J connectivity index is 1.48. The second-order valence-corrected chi connectivity index (χ2v) is 16.8. The number of rotatable bonds is 7. The van der Waals surface area contributed by atoms with Gasteiger partial charge >= 0.3 is 6.03 Å². The van der Waals surface area contributed by atoms with E-state index in [0.717, 1.165) is 5.69 Å². The minimum atomic E-state index is -0.758. The molecule has 0 aromatic heterocycles. The molecule has 0 spiro atoms. The SMILES string of the molecule is Cc1ccc(P(c2ccc(C)cc2)[C@@H]2CN(C(=O)Nc3ccccc3)C[C@H]2P(c2ccc(C)cc2)c2ccc(C)cc2)cc1. The van der Waals surface area contributed by atoms with Gasteiger partial charge in [-0.05, 0) is 76.9 Å². The summed E-state index contributed by atoms with van der Waals surface area (Å²) in [5.41, 5.74) is 6.46. The zero-order chi connectivity index (χ0) is 30.6. The maximum absolute atomic E-state index is 13.9. The van der Waals surface area contributed by atoms with Crippen LogP contribution in [0.5, 0.6) is 0 Å². The monoisotopic (exact) mass is 614 g/mol. The second-order valence-electron chi connectivity index (χ2n) is 11.9. The van der Waals surface area contributed by atoms with Crippen LogP contribution in [0.4, 0.5) is 10.5 Å². The molecular weight excluding hydrogens is 574 g/mol.